The van der Waals surface area contributed by atoms with Crippen LogP contribution < -0.4 is 16.7 Å². The number of nitrogens with zero attached hydrogens (tertiary/aromatic N) is 6. The summed E-state index contributed by atoms with van der Waals surface area (Å²) in [6.45, 7) is -0.459. The molecule has 0 fully saturated rings. The molecule has 4 N–H and O–H groups in total. The maximum Gasteiger partial charge on any atom is 0.368 e. The van der Waals surface area contributed by atoms with E-state index in [4.69, 9.17) is 10.8 Å². The molecule has 27 heavy (non-hydrogen) atoms. The normalized spacial score (nSPS) is 10.4. The van der Waals surface area contributed by atoms with Crippen LogP contribution in [0.15, 0.2) is 23.1 Å². The largest absolute Gasteiger partial charge is 0.384 e. The molecule has 3 aromatic rings. The van der Waals surface area contributed by atoms with Crippen molar-refractivity contribution in [3.63, 3.8) is 0 Å². The van der Waals surface area contributed by atoms with Gasteiger partial charge in [-0.05, 0) is 22.6 Å². The van der Waals surface area contributed by atoms with Gasteiger partial charge in [-0.25, -0.2) is 18.6 Å². The number of rotatable bonds is 3. The van der Waals surface area contributed by atoms with E-state index in [-0.39, 0.29) is 22.9 Å². The Labute approximate surface area is 150 Å². The first-order valence-corrected chi connectivity index (χ1v) is 7.38. The van der Waals surface area contributed by atoms with E-state index in [9.17, 15) is 13.6 Å². The van der Waals surface area contributed by atoms with Crippen LogP contribution >= 0.6 is 0 Å². The van der Waals surface area contributed by atoms with Crippen LogP contribution in [0, 0.1) is 23.5 Å². The fourth-order valence-electron chi connectivity index (χ4n) is 2.09. The minimum Gasteiger partial charge on any atom is -0.384 e. The highest BCUT2D eigenvalue weighted by Crippen LogP contribution is 2.24. The monoisotopic (exact) mass is 374 g/mol. The summed E-state index contributed by atoms with van der Waals surface area (Å²) < 4.78 is 29.5. The molecule has 1 aromatic carbocycles. The number of halogens is 2. The molecule has 0 unspecified atom stereocenters. The minimum atomic E-state index is -0.817. The second kappa shape index (κ2) is 7.18. The summed E-state index contributed by atoms with van der Waals surface area (Å²) in [4.78, 5) is 19.5. The molecule has 3 rings (SSSR count). The molecule has 10 nitrogen and oxygen atoms in total. The van der Waals surface area contributed by atoms with E-state index >= 15 is 0 Å². The number of aliphatic hydroxyl groups is 1. The average Bonchev–Trinajstić information content (AvgIpc) is 2.97. The van der Waals surface area contributed by atoms with Gasteiger partial charge in [0.2, 0.25) is 5.95 Å². The Kier molecular flexibility index (Phi) is 4.77. The number of nitrogen functional groups attached to an aromatic ring is 1. The number of hydrogen-bond donors (Lipinski definition) is 3. The second-order valence-electron chi connectivity index (χ2n) is 5.16. The quantitative estimate of drug-likeness (QED) is 0.532. The van der Waals surface area contributed by atoms with Gasteiger partial charge in [0, 0.05) is 7.05 Å². The summed E-state index contributed by atoms with van der Waals surface area (Å²) in [5.74, 6) is 2.77. The third kappa shape index (κ3) is 3.58. The molecule has 0 amide bonds. The third-order valence-electron chi connectivity index (χ3n) is 3.36. The number of aromatic nitrogens is 6. The van der Waals surface area contributed by atoms with E-state index in [1.807, 2.05) is 0 Å². The predicted octanol–water partition coefficient (Wildman–Crippen LogP) is -0.296. The number of tetrazole rings is 1. The highest BCUT2D eigenvalue weighted by molar-refractivity contribution is 5.64. The predicted molar refractivity (Wildman–Crippen MR) is 90.2 cm³/mol. The van der Waals surface area contributed by atoms with Crippen LogP contribution in [0.5, 0.6) is 0 Å². The summed E-state index contributed by atoms with van der Waals surface area (Å²) in [7, 11) is 1.39. The second-order valence-corrected chi connectivity index (χ2v) is 5.16. The maximum atomic E-state index is 14.5. The molecular weight excluding hydrogens is 362 g/mol. The Hall–Kier alpha value is -3.85. The molecule has 0 atom stereocenters. The first-order valence-electron chi connectivity index (χ1n) is 7.38. The van der Waals surface area contributed by atoms with Gasteiger partial charge >= 0.3 is 5.69 Å². The molecule has 2 aromatic heterocycles. The maximum absolute atomic E-state index is 14.5. The zero-order chi connectivity index (χ0) is 19.6. The molecule has 0 saturated heterocycles. The highest BCUT2D eigenvalue weighted by atomic mass is 19.1. The van der Waals surface area contributed by atoms with E-state index in [2.05, 4.69) is 37.6 Å². The fraction of sp³-hybridized carbons (Fsp3) is 0.133. The molecular formula is C15H12F2N8O2. The van der Waals surface area contributed by atoms with Crippen molar-refractivity contribution < 1.29 is 13.9 Å². The Morgan fingerprint density at radius 3 is 2.70 bits per heavy atom. The molecule has 0 spiro atoms. The molecule has 0 aliphatic rings. The highest BCUT2D eigenvalue weighted by Gasteiger charge is 2.16. The lowest BCUT2D eigenvalue weighted by atomic mass is 10.1. The fourth-order valence-corrected chi connectivity index (χ4v) is 2.09. The van der Waals surface area contributed by atoms with Gasteiger partial charge in [0.1, 0.15) is 12.4 Å². The van der Waals surface area contributed by atoms with Crippen LogP contribution in [0.4, 0.5) is 26.2 Å². The number of nitrogens with one attached hydrogen (secondary N) is 1. The van der Waals surface area contributed by atoms with Crippen molar-refractivity contribution in [3.05, 3.63) is 46.0 Å². The Morgan fingerprint density at radius 2 is 2.07 bits per heavy atom. The Morgan fingerprint density at radius 1 is 1.30 bits per heavy atom. The van der Waals surface area contributed by atoms with Crippen LogP contribution in [0.25, 0.3) is 5.69 Å². The van der Waals surface area contributed by atoms with Gasteiger partial charge in [0.05, 0.1) is 23.1 Å². The minimum absolute atomic E-state index is 0.0919. The van der Waals surface area contributed by atoms with E-state index in [1.165, 1.54) is 13.1 Å². The number of nitrogens with two attached hydrogens (primary N) is 1. The van der Waals surface area contributed by atoms with Crippen molar-refractivity contribution in [1.29, 1.82) is 0 Å². The number of aryl methyl sites for hydroxylation is 1. The van der Waals surface area contributed by atoms with Crippen LogP contribution in [0.3, 0.4) is 0 Å². The number of anilines is 3. The van der Waals surface area contributed by atoms with Crippen LogP contribution in [0.2, 0.25) is 0 Å². The van der Waals surface area contributed by atoms with Gasteiger partial charge in [-0.2, -0.15) is 14.3 Å². The molecule has 0 aliphatic heterocycles. The molecule has 0 bridgehead atoms. The lowest BCUT2D eigenvalue weighted by Gasteiger charge is -2.10. The summed E-state index contributed by atoms with van der Waals surface area (Å²) >= 11 is 0. The van der Waals surface area contributed by atoms with Crippen molar-refractivity contribution in [2.75, 3.05) is 17.7 Å². The summed E-state index contributed by atoms with van der Waals surface area (Å²) in [5, 5.41) is 18.7. The molecule has 2 heterocycles. The van der Waals surface area contributed by atoms with E-state index in [0.29, 0.717) is 0 Å². The van der Waals surface area contributed by atoms with Crippen molar-refractivity contribution >= 4 is 17.5 Å². The summed E-state index contributed by atoms with van der Waals surface area (Å²) in [6, 6.07) is 2.27. The average molecular weight is 374 g/mol. The zero-order valence-electron chi connectivity index (χ0n) is 13.8. The van der Waals surface area contributed by atoms with Gasteiger partial charge in [0.15, 0.2) is 11.6 Å². The first-order chi connectivity index (χ1) is 12.9. The molecule has 0 saturated carbocycles. The van der Waals surface area contributed by atoms with E-state index < -0.39 is 29.7 Å². The number of benzene rings is 1. The van der Waals surface area contributed by atoms with Crippen molar-refractivity contribution in [2.45, 2.75) is 0 Å². The standard InChI is InChI=1S/C15H12F2N8O2/c1-24-15(27)25(23-22-24)12-6-11(9(16)5-8(12)3-2-4-26)20-14-19-7-10(17)13(18)21-14/h5-7,26H,4H2,1H3,(H3,18,19,20,21). The number of aliphatic hydroxyl groups excluding tert-OH is 1. The molecule has 12 heteroatoms. The molecule has 138 valence electrons. The summed E-state index contributed by atoms with van der Waals surface area (Å²) in [5.41, 5.74) is 4.83. The number of hydrogen-bond acceptors (Lipinski definition) is 8. The van der Waals surface area contributed by atoms with Gasteiger partial charge in [-0.3, -0.25) is 0 Å². The van der Waals surface area contributed by atoms with Gasteiger partial charge in [-0.1, -0.05) is 11.8 Å². The van der Waals surface area contributed by atoms with Crippen molar-refractivity contribution in [1.82, 2.24) is 29.8 Å². The summed E-state index contributed by atoms with van der Waals surface area (Å²) in [6.07, 6.45) is 0.831. The van der Waals surface area contributed by atoms with Crippen molar-refractivity contribution in [2.24, 2.45) is 7.05 Å². The third-order valence-corrected chi connectivity index (χ3v) is 3.36. The van der Waals surface area contributed by atoms with Crippen LogP contribution in [-0.4, -0.2) is 41.5 Å². The SMILES string of the molecule is Cn1nnn(-c2cc(Nc3ncc(F)c(N)n3)c(F)cc2C#CCO)c1=O. The Balaban J connectivity index is 2.12. The molecule has 0 aliphatic carbocycles. The van der Waals surface area contributed by atoms with Gasteiger partial charge in [0.25, 0.3) is 0 Å². The van der Waals surface area contributed by atoms with Crippen molar-refractivity contribution in [3.8, 4) is 17.5 Å². The molecule has 0 radical (unpaired) electrons. The lowest BCUT2D eigenvalue weighted by molar-refractivity contribution is 0.350. The first kappa shape index (κ1) is 18.0. The zero-order valence-corrected chi connectivity index (χ0v) is 13.8. The smallest absolute Gasteiger partial charge is 0.368 e. The van der Waals surface area contributed by atoms with Gasteiger partial charge in [-0.15, -0.1) is 0 Å². The Bertz CT molecular complexity index is 1130. The van der Waals surface area contributed by atoms with E-state index in [0.717, 1.165) is 21.6 Å². The van der Waals surface area contributed by atoms with Crippen LogP contribution in [-0.2, 0) is 7.05 Å². The van der Waals surface area contributed by atoms with Crippen LogP contribution in [0.1, 0.15) is 5.56 Å². The van der Waals surface area contributed by atoms with E-state index in [1.54, 1.807) is 0 Å². The topological polar surface area (TPSA) is 137 Å². The lowest BCUT2D eigenvalue weighted by Crippen LogP contribution is -2.22. The van der Waals surface area contributed by atoms with Gasteiger partial charge < -0.3 is 16.2 Å².